The Balaban J connectivity index is 3.58. The minimum Gasteiger partial charge on any atom is -0.489 e. The van der Waals surface area contributed by atoms with Crippen LogP contribution in [0.4, 0.5) is 0 Å². The largest absolute Gasteiger partial charge is 0.489 e. The number of hydrogen-bond acceptors (Lipinski definition) is 3. The van der Waals surface area contributed by atoms with Gasteiger partial charge in [0.15, 0.2) is 0 Å². The number of rotatable bonds is 6. The van der Waals surface area contributed by atoms with Crippen molar-refractivity contribution in [3.63, 3.8) is 0 Å². The molecule has 1 aromatic rings. The van der Waals surface area contributed by atoms with Crippen molar-refractivity contribution in [3.05, 3.63) is 40.5 Å². The van der Waals surface area contributed by atoms with Gasteiger partial charge in [-0.15, -0.1) is 0 Å². The van der Waals surface area contributed by atoms with E-state index >= 15 is 0 Å². The van der Waals surface area contributed by atoms with Gasteiger partial charge in [0.25, 0.3) is 0 Å². The second-order valence-electron chi connectivity index (χ2n) is 5.07. The highest BCUT2D eigenvalue weighted by Gasteiger charge is 2.19. The summed E-state index contributed by atoms with van der Waals surface area (Å²) in [4.78, 5) is 0. The van der Waals surface area contributed by atoms with E-state index < -0.39 is 0 Å². The first-order valence-electron chi connectivity index (χ1n) is 7.56. The van der Waals surface area contributed by atoms with Gasteiger partial charge in [0.05, 0.1) is 11.7 Å². The van der Waals surface area contributed by atoms with Crippen molar-refractivity contribution in [2.24, 2.45) is 0 Å². The van der Waals surface area contributed by atoms with Crippen molar-refractivity contribution in [2.45, 2.75) is 46.6 Å². The Kier molecular flexibility index (Phi) is 6.93. The number of allylic oxidation sites excluding steroid dienone is 2. The number of nitrogens with zero attached hydrogens (tertiary/aromatic N) is 2. The average molecular weight is 294 g/mol. The van der Waals surface area contributed by atoms with Crippen LogP contribution in [0.3, 0.4) is 0 Å². The minimum atomic E-state index is 0.000200. The smallest absolute Gasteiger partial charge is 0.146 e. The van der Waals surface area contributed by atoms with Crippen LogP contribution in [0.2, 0.25) is 0 Å². The molecule has 0 bridgehead atoms. The van der Waals surface area contributed by atoms with Crippen LogP contribution in [0, 0.1) is 22.7 Å². The van der Waals surface area contributed by atoms with Crippen molar-refractivity contribution >= 4 is 12.2 Å². The number of benzene rings is 1. The van der Waals surface area contributed by atoms with Crippen LogP contribution >= 0.6 is 0 Å². The van der Waals surface area contributed by atoms with Crippen LogP contribution < -0.4 is 4.74 Å². The molecule has 0 heterocycles. The number of hydrogen-bond donors (Lipinski definition) is 0. The molecular formula is C19H22N2O. The molecule has 1 rings (SSSR count). The van der Waals surface area contributed by atoms with E-state index in [0.29, 0.717) is 16.9 Å². The third kappa shape index (κ3) is 3.99. The standard InChI is InChI=1S/C19H22N2O/c1-5-8-14(4)22-19-16(10-7-3)11-15(9-6-2)17(12-20)18(19)13-21/h6-7,9-11,14H,5,8H2,1-4H3. The highest BCUT2D eigenvalue weighted by Crippen LogP contribution is 2.32. The molecule has 0 saturated heterocycles. The summed E-state index contributed by atoms with van der Waals surface area (Å²) >= 11 is 0. The van der Waals surface area contributed by atoms with Crippen LogP contribution in [0.15, 0.2) is 18.2 Å². The zero-order chi connectivity index (χ0) is 16.5. The van der Waals surface area contributed by atoms with E-state index in [1.165, 1.54) is 0 Å². The topological polar surface area (TPSA) is 56.8 Å². The molecule has 1 unspecified atom stereocenters. The van der Waals surface area contributed by atoms with Gasteiger partial charge in [-0.25, -0.2) is 0 Å². The molecule has 0 aliphatic heterocycles. The first-order chi connectivity index (χ1) is 10.6. The van der Waals surface area contributed by atoms with Crippen molar-refractivity contribution in [2.75, 3.05) is 0 Å². The van der Waals surface area contributed by atoms with E-state index in [9.17, 15) is 10.5 Å². The fourth-order valence-electron chi connectivity index (χ4n) is 2.34. The number of ether oxygens (including phenoxy) is 1. The maximum absolute atomic E-state index is 9.53. The van der Waals surface area contributed by atoms with E-state index in [2.05, 4.69) is 19.1 Å². The molecule has 22 heavy (non-hydrogen) atoms. The zero-order valence-corrected chi connectivity index (χ0v) is 13.7. The van der Waals surface area contributed by atoms with Gasteiger partial charge in [-0.2, -0.15) is 10.5 Å². The summed E-state index contributed by atoms with van der Waals surface area (Å²) in [6.07, 6.45) is 9.41. The van der Waals surface area contributed by atoms with E-state index in [-0.39, 0.29) is 6.10 Å². The van der Waals surface area contributed by atoms with Crippen molar-refractivity contribution in [1.82, 2.24) is 0 Å². The molecule has 0 aromatic heterocycles. The second-order valence-corrected chi connectivity index (χ2v) is 5.07. The minimum absolute atomic E-state index is 0.000200. The molecule has 3 nitrogen and oxygen atoms in total. The van der Waals surface area contributed by atoms with E-state index in [0.717, 1.165) is 24.0 Å². The van der Waals surface area contributed by atoms with Crippen LogP contribution in [0.1, 0.15) is 62.8 Å². The van der Waals surface area contributed by atoms with Gasteiger partial charge >= 0.3 is 0 Å². The Bertz CT molecular complexity index is 657. The fourth-order valence-corrected chi connectivity index (χ4v) is 2.34. The van der Waals surface area contributed by atoms with Gasteiger partial charge in [-0.05, 0) is 38.8 Å². The Morgan fingerprint density at radius 3 is 2.18 bits per heavy atom. The van der Waals surface area contributed by atoms with Crippen LogP contribution in [0.25, 0.3) is 12.2 Å². The Labute approximate surface area is 133 Å². The first-order valence-corrected chi connectivity index (χ1v) is 7.56. The monoisotopic (exact) mass is 294 g/mol. The fraction of sp³-hybridized carbons (Fsp3) is 0.368. The summed E-state index contributed by atoms with van der Waals surface area (Å²) in [5.41, 5.74) is 2.25. The van der Waals surface area contributed by atoms with Gasteiger partial charge in [0, 0.05) is 5.56 Å². The predicted octanol–water partition coefficient (Wildman–Crippen LogP) is 5.06. The van der Waals surface area contributed by atoms with Crippen LogP contribution in [-0.4, -0.2) is 6.10 Å². The molecule has 0 fully saturated rings. The maximum atomic E-state index is 9.53. The summed E-state index contributed by atoms with van der Waals surface area (Å²) in [5.74, 6) is 0.506. The van der Waals surface area contributed by atoms with E-state index in [1.54, 1.807) is 0 Å². The third-order valence-corrected chi connectivity index (χ3v) is 3.27. The van der Waals surface area contributed by atoms with Gasteiger partial charge in [0.1, 0.15) is 23.5 Å². The Morgan fingerprint density at radius 2 is 1.68 bits per heavy atom. The summed E-state index contributed by atoms with van der Waals surface area (Å²) in [6.45, 7) is 7.87. The van der Waals surface area contributed by atoms with Crippen molar-refractivity contribution in [3.8, 4) is 17.9 Å². The molecule has 0 amide bonds. The van der Waals surface area contributed by atoms with Gasteiger partial charge in [-0.3, -0.25) is 0 Å². The molecule has 0 spiro atoms. The highest BCUT2D eigenvalue weighted by atomic mass is 16.5. The first kappa shape index (κ1) is 17.5. The molecular weight excluding hydrogens is 272 g/mol. The third-order valence-electron chi connectivity index (χ3n) is 3.27. The quantitative estimate of drug-likeness (QED) is 0.736. The van der Waals surface area contributed by atoms with Crippen LogP contribution in [-0.2, 0) is 0 Å². The summed E-state index contributed by atoms with van der Waals surface area (Å²) in [5, 5.41) is 19.0. The second kappa shape index (κ2) is 8.70. The maximum Gasteiger partial charge on any atom is 0.146 e. The average Bonchev–Trinajstić information content (AvgIpc) is 2.49. The zero-order valence-electron chi connectivity index (χ0n) is 13.7. The molecule has 0 aliphatic rings. The van der Waals surface area contributed by atoms with Gasteiger partial charge in [-0.1, -0.05) is 37.6 Å². The van der Waals surface area contributed by atoms with Gasteiger partial charge < -0.3 is 4.74 Å². The summed E-state index contributed by atoms with van der Waals surface area (Å²) < 4.78 is 5.99. The predicted molar refractivity (Wildman–Crippen MR) is 90.3 cm³/mol. The molecule has 0 N–H and O–H groups in total. The molecule has 1 aromatic carbocycles. The molecule has 0 saturated carbocycles. The highest BCUT2D eigenvalue weighted by molar-refractivity contribution is 5.74. The molecule has 0 aliphatic carbocycles. The number of nitriles is 2. The SMILES string of the molecule is CC=Cc1cc(C=CC)c(OC(C)CCC)c(C#N)c1C#N. The van der Waals surface area contributed by atoms with E-state index in [1.807, 2.05) is 51.1 Å². The summed E-state index contributed by atoms with van der Waals surface area (Å²) in [6, 6.07) is 6.18. The molecule has 3 heteroatoms. The lowest BCUT2D eigenvalue weighted by Crippen LogP contribution is -2.13. The van der Waals surface area contributed by atoms with Crippen LogP contribution in [0.5, 0.6) is 5.75 Å². The lowest BCUT2D eigenvalue weighted by Gasteiger charge is -2.18. The molecule has 114 valence electrons. The molecule has 1 atom stereocenters. The van der Waals surface area contributed by atoms with Crippen molar-refractivity contribution in [1.29, 1.82) is 10.5 Å². The normalized spacial score (nSPS) is 12.3. The van der Waals surface area contributed by atoms with E-state index in [4.69, 9.17) is 4.74 Å². The lowest BCUT2D eigenvalue weighted by molar-refractivity contribution is 0.209. The summed E-state index contributed by atoms with van der Waals surface area (Å²) in [7, 11) is 0. The molecule has 0 radical (unpaired) electrons. The lowest BCUT2D eigenvalue weighted by atomic mass is 9.96. The van der Waals surface area contributed by atoms with Crippen molar-refractivity contribution < 1.29 is 4.74 Å². The van der Waals surface area contributed by atoms with Gasteiger partial charge in [0.2, 0.25) is 0 Å². The Morgan fingerprint density at radius 1 is 1.09 bits per heavy atom. The Hall–Kier alpha value is -2.52.